The molecule has 4 heteroatoms. The lowest BCUT2D eigenvalue weighted by molar-refractivity contribution is 0.0332. The van der Waals surface area contributed by atoms with E-state index in [1.807, 2.05) is 5.70 Å². The van der Waals surface area contributed by atoms with Crippen molar-refractivity contribution >= 4 is 0 Å². The van der Waals surface area contributed by atoms with E-state index in [1.165, 1.54) is 449 Å². The van der Waals surface area contributed by atoms with Crippen molar-refractivity contribution < 1.29 is 0 Å². The molecule has 0 bridgehead atoms. The zero-order chi connectivity index (χ0) is 59.4. The molecular weight excluding hydrogens is 1050 g/mol. The molecule has 8 saturated carbocycles. The number of hydrogen-bond acceptors (Lipinski definition) is 4. The Balaban J connectivity index is 0.970. The third-order valence-corrected chi connectivity index (χ3v) is 26.3. The predicted octanol–water partition coefficient (Wildman–Crippen LogP) is 25.6. The summed E-state index contributed by atoms with van der Waals surface area (Å²) in [7, 11) is 0. The van der Waals surface area contributed by atoms with Crippen molar-refractivity contribution in [2.45, 2.75) is 516 Å². The summed E-state index contributed by atoms with van der Waals surface area (Å²) in [4.78, 5) is 13.6. The largest absolute Gasteiger partial charge is 0.369 e. The Kier molecular flexibility index (Phi) is 35.3. The van der Waals surface area contributed by atoms with Crippen LogP contribution in [0.25, 0.3) is 0 Å². The van der Waals surface area contributed by atoms with E-state index in [0.717, 1.165) is 66.5 Å². The molecule has 0 aromatic carbocycles. The van der Waals surface area contributed by atoms with Gasteiger partial charge in [0.2, 0.25) is 0 Å². The Morgan fingerprint density at radius 3 is 0.552 bits per heavy atom. The Bertz CT molecular complexity index is 1670. The number of allylic oxidation sites excluding steroid dienone is 2. The van der Waals surface area contributed by atoms with E-state index >= 15 is 0 Å². The molecule has 9 aliphatic carbocycles. The van der Waals surface area contributed by atoms with Crippen molar-refractivity contribution in [3.8, 4) is 0 Å². The van der Waals surface area contributed by atoms with E-state index in [0.29, 0.717) is 0 Å². The van der Waals surface area contributed by atoms with E-state index in [9.17, 15) is 0 Å². The molecule has 0 aliphatic heterocycles. The highest BCUT2D eigenvalue weighted by atomic mass is 15.2. The van der Waals surface area contributed by atoms with Crippen LogP contribution in [0.15, 0.2) is 11.8 Å². The SMILES string of the molecule is C1=C(N(C2CCCCCCCCC2)C2CCCCCCCC2)CCCC(N(C2CCCCC(N(C3CCCCCCCCC3)C3CCCCCCCC3)CCC2)C2CCCCC(N(C3CCCCCCCCC3)C3CCCCCCC3)CCC2)CCC1. The first-order chi connectivity index (χ1) is 43.3. The predicted molar refractivity (Wildman–Crippen MR) is 380 cm³/mol. The summed E-state index contributed by atoms with van der Waals surface area (Å²) in [6.07, 6.45) is 107. The molecule has 9 aliphatic rings. The molecule has 0 radical (unpaired) electrons. The summed E-state index contributed by atoms with van der Waals surface area (Å²) < 4.78 is 0. The standard InChI is InChI=1S/C83H152N4/c1-4-15-27-48-72(49-28-16-5-1)84(75-54-33-21-10-11-22-34-55-75)78-60-39-42-63-81(69-45-66-78)87(83-65-44-41-62-80(68-47-71-83)86(77-58-37-25-14-26-38-59-77)74-52-31-19-8-3-9-20-32-53-74)82-64-43-40-61-79(67-46-70-82)85(76-56-35-23-12-13-24-36-57-76)73-50-29-17-6-2-7-18-30-51-73/h60,72-77,79-83H,1-59,61-71H2. The van der Waals surface area contributed by atoms with Crippen LogP contribution in [0.3, 0.4) is 0 Å². The zero-order valence-electron chi connectivity index (χ0n) is 58.7. The van der Waals surface area contributed by atoms with Crippen LogP contribution in [-0.2, 0) is 0 Å². The second-order valence-corrected chi connectivity index (χ2v) is 32.8. The van der Waals surface area contributed by atoms with Gasteiger partial charge in [-0.2, -0.15) is 0 Å². The van der Waals surface area contributed by atoms with E-state index in [1.54, 1.807) is 0 Å². The van der Waals surface area contributed by atoms with Gasteiger partial charge in [-0.25, -0.2) is 0 Å². The molecule has 9 rings (SSSR count). The zero-order valence-corrected chi connectivity index (χ0v) is 58.7. The molecule has 5 atom stereocenters. The molecule has 5 unspecified atom stereocenters. The summed E-state index contributed by atoms with van der Waals surface area (Å²) in [5.41, 5.74) is 1.86. The van der Waals surface area contributed by atoms with Gasteiger partial charge in [0, 0.05) is 72.2 Å². The van der Waals surface area contributed by atoms with Gasteiger partial charge in [-0.1, -0.05) is 289 Å². The minimum atomic E-state index is 0.778. The summed E-state index contributed by atoms with van der Waals surface area (Å²) in [5, 5.41) is 0. The van der Waals surface area contributed by atoms with Crippen LogP contribution in [-0.4, -0.2) is 86.1 Å². The lowest BCUT2D eigenvalue weighted by Crippen LogP contribution is -2.50. The van der Waals surface area contributed by atoms with Gasteiger partial charge in [0.25, 0.3) is 0 Å². The van der Waals surface area contributed by atoms with Gasteiger partial charge < -0.3 is 4.90 Å². The second-order valence-electron chi connectivity index (χ2n) is 32.8. The fourth-order valence-corrected chi connectivity index (χ4v) is 21.6. The van der Waals surface area contributed by atoms with Crippen LogP contribution >= 0.6 is 0 Å². The van der Waals surface area contributed by atoms with Crippen LogP contribution in [0, 0.1) is 0 Å². The lowest BCUT2D eigenvalue weighted by atomic mass is 9.88. The van der Waals surface area contributed by atoms with Crippen molar-refractivity contribution in [3.05, 3.63) is 11.8 Å². The molecule has 0 aromatic heterocycles. The number of hydrogen-bond donors (Lipinski definition) is 0. The first-order valence-electron chi connectivity index (χ1n) is 42.1. The van der Waals surface area contributed by atoms with E-state index in [2.05, 4.69) is 25.7 Å². The Labute approximate surface area is 544 Å². The summed E-state index contributed by atoms with van der Waals surface area (Å²) >= 11 is 0. The summed E-state index contributed by atoms with van der Waals surface area (Å²) in [6.45, 7) is 0. The molecule has 4 nitrogen and oxygen atoms in total. The quantitative estimate of drug-likeness (QED) is 0.193. The smallest absolute Gasteiger partial charge is 0.0289 e. The molecule has 0 saturated heterocycles. The highest BCUT2D eigenvalue weighted by Gasteiger charge is 2.39. The van der Waals surface area contributed by atoms with Crippen LogP contribution in [0.4, 0.5) is 0 Å². The third kappa shape index (κ3) is 24.9. The molecule has 0 spiro atoms. The fourth-order valence-electron chi connectivity index (χ4n) is 21.6. The maximum atomic E-state index is 3.51. The highest BCUT2D eigenvalue weighted by Crippen LogP contribution is 2.41. The minimum Gasteiger partial charge on any atom is -0.369 e. The van der Waals surface area contributed by atoms with Gasteiger partial charge in [-0.3, -0.25) is 14.7 Å². The molecule has 0 aromatic rings. The Morgan fingerprint density at radius 1 is 0.161 bits per heavy atom. The number of rotatable bonds is 12. The molecular formula is C83H152N4. The van der Waals surface area contributed by atoms with Gasteiger partial charge >= 0.3 is 0 Å². The minimum absolute atomic E-state index is 0.778. The average Bonchev–Trinajstić information content (AvgIpc) is 4.10. The highest BCUT2D eigenvalue weighted by molar-refractivity contribution is 5.08. The summed E-state index contributed by atoms with van der Waals surface area (Å²) in [5.74, 6) is 0. The topological polar surface area (TPSA) is 13.0 Å². The monoisotopic (exact) mass is 1210 g/mol. The molecule has 8 fully saturated rings. The lowest BCUT2D eigenvalue weighted by Gasteiger charge is -2.46. The maximum absolute atomic E-state index is 3.51. The maximum Gasteiger partial charge on any atom is 0.0289 e. The van der Waals surface area contributed by atoms with Crippen LogP contribution in [0.1, 0.15) is 449 Å². The van der Waals surface area contributed by atoms with Gasteiger partial charge in [0.15, 0.2) is 0 Å². The molecule has 504 valence electrons. The Hall–Kier alpha value is -0.580. The first-order valence-corrected chi connectivity index (χ1v) is 42.1. The van der Waals surface area contributed by atoms with Crippen molar-refractivity contribution in [1.82, 2.24) is 19.6 Å². The van der Waals surface area contributed by atoms with Gasteiger partial charge in [0.05, 0.1) is 0 Å². The van der Waals surface area contributed by atoms with Crippen LogP contribution in [0.5, 0.6) is 0 Å². The van der Waals surface area contributed by atoms with Crippen molar-refractivity contribution in [2.75, 3.05) is 0 Å². The van der Waals surface area contributed by atoms with Gasteiger partial charge in [-0.05, 0) is 167 Å². The molecule has 0 N–H and O–H groups in total. The first kappa shape index (κ1) is 70.7. The molecule has 0 amide bonds. The Morgan fingerprint density at radius 2 is 0.322 bits per heavy atom. The van der Waals surface area contributed by atoms with Crippen LogP contribution < -0.4 is 0 Å². The normalized spacial score (nSPS) is 31.0. The average molecular weight is 1210 g/mol. The van der Waals surface area contributed by atoms with Crippen molar-refractivity contribution in [1.29, 1.82) is 0 Å². The van der Waals surface area contributed by atoms with Crippen molar-refractivity contribution in [3.63, 3.8) is 0 Å². The van der Waals surface area contributed by atoms with Gasteiger partial charge in [0.1, 0.15) is 0 Å². The summed E-state index contributed by atoms with van der Waals surface area (Å²) in [6, 6.07) is 9.03. The van der Waals surface area contributed by atoms with E-state index in [-0.39, 0.29) is 0 Å². The third-order valence-electron chi connectivity index (χ3n) is 26.3. The number of nitrogens with zero attached hydrogens (tertiary/aromatic N) is 4. The van der Waals surface area contributed by atoms with E-state index < -0.39 is 0 Å². The van der Waals surface area contributed by atoms with Crippen LogP contribution in [0.2, 0.25) is 0 Å². The fraction of sp³-hybridized carbons (Fsp3) is 0.976. The van der Waals surface area contributed by atoms with Gasteiger partial charge in [-0.15, -0.1) is 0 Å². The van der Waals surface area contributed by atoms with E-state index in [4.69, 9.17) is 0 Å². The molecule has 0 heterocycles. The second kappa shape index (κ2) is 43.4. The van der Waals surface area contributed by atoms with Crippen molar-refractivity contribution in [2.24, 2.45) is 0 Å². The molecule has 87 heavy (non-hydrogen) atoms.